The van der Waals surface area contributed by atoms with E-state index in [1.807, 2.05) is 31.3 Å². The van der Waals surface area contributed by atoms with Crippen LogP contribution in [-0.4, -0.2) is 26.2 Å². The van der Waals surface area contributed by atoms with Crippen LogP contribution in [0.5, 0.6) is 0 Å². The molecule has 1 aromatic carbocycles. The Morgan fingerprint density at radius 1 is 1.38 bits per heavy atom. The smallest absolute Gasteiger partial charge is 0.337 e. The van der Waals surface area contributed by atoms with Crippen LogP contribution in [0, 0.1) is 0 Å². The van der Waals surface area contributed by atoms with Gasteiger partial charge in [0.15, 0.2) is 0 Å². The molecule has 3 heteroatoms. The second-order valence-corrected chi connectivity index (χ2v) is 3.92. The molecule has 0 bridgehead atoms. The number of benzene rings is 1. The quantitative estimate of drug-likeness (QED) is 0.773. The lowest BCUT2D eigenvalue weighted by Gasteiger charge is -2.09. The van der Waals surface area contributed by atoms with Gasteiger partial charge in [0.05, 0.1) is 12.7 Å². The summed E-state index contributed by atoms with van der Waals surface area (Å²) in [6.07, 6.45) is 2.11. The number of methoxy groups -OCH3 is 1. The van der Waals surface area contributed by atoms with Crippen molar-refractivity contribution in [1.82, 2.24) is 5.32 Å². The molecule has 1 rings (SSSR count). The SMILES string of the molecule is CNC(C)CCc1ccc(C(=O)OC)cc1. The number of carbonyl (C=O) groups excluding carboxylic acids is 1. The molecule has 1 unspecified atom stereocenters. The molecule has 1 aromatic rings. The molecule has 0 aliphatic carbocycles. The maximum absolute atomic E-state index is 11.2. The first-order valence-electron chi connectivity index (χ1n) is 5.52. The standard InChI is InChI=1S/C13H19NO2/c1-10(14-2)4-5-11-6-8-12(9-7-11)13(15)16-3/h6-10,14H,4-5H2,1-3H3. The van der Waals surface area contributed by atoms with Crippen LogP contribution < -0.4 is 5.32 Å². The van der Waals surface area contributed by atoms with Crippen LogP contribution in [0.25, 0.3) is 0 Å². The second kappa shape index (κ2) is 6.28. The third kappa shape index (κ3) is 3.66. The molecule has 0 spiro atoms. The van der Waals surface area contributed by atoms with E-state index in [2.05, 4.69) is 17.0 Å². The molecule has 1 N–H and O–H groups in total. The summed E-state index contributed by atoms with van der Waals surface area (Å²) in [4.78, 5) is 11.2. The molecule has 88 valence electrons. The molecular formula is C13H19NO2. The van der Waals surface area contributed by atoms with Crippen molar-refractivity contribution in [2.45, 2.75) is 25.8 Å². The maximum Gasteiger partial charge on any atom is 0.337 e. The van der Waals surface area contributed by atoms with Crippen molar-refractivity contribution < 1.29 is 9.53 Å². The van der Waals surface area contributed by atoms with Crippen LogP contribution in [0.1, 0.15) is 29.3 Å². The number of hydrogen-bond acceptors (Lipinski definition) is 3. The van der Waals surface area contributed by atoms with Gasteiger partial charge >= 0.3 is 5.97 Å². The zero-order valence-corrected chi connectivity index (χ0v) is 10.1. The largest absolute Gasteiger partial charge is 0.465 e. The number of ether oxygens (including phenoxy) is 1. The first-order valence-corrected chi connectivity index (χ1v) is 5.52. The Kier molecular flexibility index (Phi) is 4.99. The highest BCUT2D eigenvalue weighted by atomic mass is 16.5. The van der Waals surface area contributed by atoms with Crippen LogP contribution in [0.3, 0.4) is 0 Å². The van der Waals surface area contributed by atoms with E-state index in [1.54, 1.807) is 0 Å². The van der Waals surface area contributed by atoms with Gasteiger partial charge in [-0.05, 0) is 44.5 Å². The summed E-state index contributed by atoms with van der Waals surface area (Å²) in [5, 5.41) is 3.20. The first kappa shape index (κ1) is 12.7. The Balaban J connectivity index is 2.54. The number of carbonyl (C=O) groups is 1. The summed E-state index contributed by atoms with van der Waals surface area (Å²) in [6, 6.07) is 8.10. The van der Waals surface area contributed by atoms with Gasteiger partial charge in [0.2, 0.25) is 0 Å². The zero-order valence-electron chi connectivity index (χ0n) is 10.1. The molecule has 0 saturated carbocycles. The molecule has 0 saturated heterocycles. The second-order valence-electron chi connectivity index (χ2n) is 3.92. The van der Waals surface area contributed by atoms with Crippen LogP contribution in [0.15, 0.2) is 24.3 Å². The van der Waals surface area contributed by atoms with E-state index in [9.17, 15) is 4.79 Å². The molecule has 0 heterocycles. The summed E-state index contributed by atoms with van der Waals surface area (Å²) in [6.45, 7) is 2.16. The number of nitrogens with one attached hydrogen (secondary N) is 1. The van der Waals surface area contributed by atoms with Gasteiger partial charge in [-0.25, -0.2) is 4.79 Å². The Hall–Kier alpha value is -1.35. The van der Waals surface area contributed by atoms with Crippen LogP contribution in [0.4, 0.5) is 0 Å². The average Bonchev–Trinajstić information content (AvgIpc) is 2.35. The van der Waals surface area contributed by atoms with Crippen molar-refractivity contribution in [3.8, 4) is 0 Å². The number of esters is 1. The van der Waals surface area contributed by atoms with E-state index in [0.29, 0.717) is 11.6 Å². The van der Waals surface area contributed by atoms with Crippen molar-refractivity contribution in [1.29, 1.82) is 0 Å². The average molecular weight is 221 g/mol. The van der Waals surface area contributed by atoms with Gasteiger partial charge in [-0.1, -0.05) is 12.1 Å². The van der Waals surface area contributed by atoms with Crippen molar-refractivity contribution in [2.24, 2.45) is 0 Å². The van der Waals surface area contributed by atoms with E-state index in [4.69, 9.17) is 0 Å². The van der Waals surface area contributed by atoms with E-state index in [1.165, 1.54) is 12.7 Å². The van der Waals surface area contributed by atoms with E-state index < -0.39 is 0 Å². The van der Waals surface area contributed by atoms with Crippen LogP contribution in [-0.2, 0) is 11.2 Å². The lowest BCUT2D eigenvalue weighted by molar-refractivity contribution is 0.0600. The van der Waals surface area contributed by atoms with Crippen molar-refractivity contribution in [2.75, 3.05) is 14.2 Å². The Labute approximate surface area is 96.8 Å². The normalized spacial score (nSPS) is 12.2. The van der Waals surface area contributed by atoms with E-state index in [-0.39, 0.29) is 5.97 Å². The lowest BCUT2D eigenvalue weighted by Crippen LogP contribution is -2.21. The Morgan fingerprint density at radius 3 is 2.50 bits per heavy atom. The van der Waals surface area contributed by atoms with Crippen molar-refractivity contribution >= 4 is 5.97 Å². The van der Waals surface area contributed by atoms with Crippen LogP contribution in [0.2, 0.25) is 0 Å². The van der Waals surface area contributed by atoms with Crippen molar-refractivity contribution in [3.63, 3.8) is 0 Å². The fraction of sp³-hybridized carbons (Fsp3) is 0.462. The van der Waals surface area contributed by atoms with Gasteiger partial charge < -0.3 is 10.1 Å². The summed E-state index contributed by atoms with van der Waals surface area (Å²) in [5.74, 6) is -0.282. The summed E-state index contributed by atoms with van der Waals surface area (Å²) >= 11 is 0. The van der Waals surface area contributed by atoms with Crippen LogP contribution >= 0.6 is 0 Å². The number of hydrogen-bond donors (Lipinski definition) is 1. The fourth-order valence-electron chi connectivity index (χ4n) is 1.45. The van der Waals surface area contributed by atoms with E-state index >= 15 is 0 Å². The minimum absolute atomic E-state index is 0.282. The molecule has 0 fully saturated rings. The summed E-state index contributed by atoms with van der Waals surface area (Å²) in [7, 11) is 3.36. The molecule has 0 amide bonds. The molecule has 16 heavy (non-hydrogen) atoms. The van der Waals surface area contributed by atoms with Gasteiger partial charge in [-0.3, -0.25) is 0 Å². The van der Waals surface area contributed by atoms with E-state index in [0.717, 1.165) is 12.8 Å². The molecule has 0 radical (unpaired) electrons. The fourth-order valence-corrected chi connectivity index (χ4v) is 1.45. The molecule has 0 aliphatic rings. The van der Waals surface area contributed by atoms with Gasteiger partial charge in [-0.2, -0.15) is 0 Å². The highest BCUT2D eigenvalue weighted by molar-refractivity contribution is 5.89. The molecular weight excluding hydrogens is 202 g/mol. The molecule has 3 nitrogen and oxygen atoms in total. The summed E-state index contributed by atoms with van der Waals surface area (Å²) in [5.41, 5.74) is 1.85. The predicted molar refractivity (Wildman–Crippen MR) is 64.6 cm³/mol. The zero-order chi connectivity index (χ0) is 12.0. The minimum atomic E-state index is -0.282. The van der Waals surface area contributed by atoms with Gasteiger partial charge in [0.1, 0.15) is 0 Å². The third-order valence-electron chi connectivity index (χ3n) is 2.73. The lowest BCUT2D eigenvalue weighted by atomic mass is 10.0. The Bertz CT molecular complexity index is 332. The minimum Gasteiger partial charge on any atom is -0.465 e. The van der Waals surface area contributed by atoms with Gasteiger partial charge in [0, 0.05) is 6.04 Å². The molecule has 0 aliphatic heterocycles. The maximum atomic E-state index is 11.2. The summed E-state index contributed by atoms with van der Waals surface area (Å²) < 4.78 is 4.64. The Morgan fingerprint density at radius 2 is 2.00 bits per heavy atom. The number of rotatable bonds is 5. The topological polar surface area (TPSA) is 38.3 Å². The first-order chi connectivity index (χ1) is 7.67. The monoisotopic (exact) mass is 221 g/mol. The highest BCUT2D eigenvalue weighted by Crippen LogP contribution is 2.08. The predicted octanol–water partition coefficient (Wildman–Crippen LogP) is 2.01. The van der Waals surface area contributed by atoms with Gasteiger partial charge in [0.25, 0.3) is 0 Å². The van der Waals surface area contributed by atoms with Gasteiger partial charge in [-0.15, -0.1) is 0 Å². The highest BCUT2D eigenvalue weighted by Gasteiger charge is 2.04. The third-order valence-corrected chi connectivity index (χ3v) is 2.73. The van der Waals surface area contributed by atoms with Crippen molar-refractivity contribution in [3.05, 3.63) is 35.4 Å². The molecule has 1 atom stereocenters. The molecule has 0 aromatic heterocycles. The number of aryl methyl sites for hydroxylation is 1.